The maximum absolute atomic E-state index is 13.0. The molecule has 1 unspecified atom stereocenters. The Morgan fingerprint density at radius 2 is 1.24 bits per heavy atom. The average Bonchev–Trinajstić information content (AvgIpc) is 2.89. The van der Waals surface area contributed by atoms with E-state index in [4.69, 9.17) is 0 Å². The summed E-state index contributed by atoms with van der Waals surface area (Å²) in [4.78, 5) is 38.3. The Morgan fingerprint density at radius 3 is 1.97 bits per heavy atom. The zero-order chi connectivity index (χ0) is 23.9. The van der Waals surface area contributed by atoms with Crippen molar-refractivity contribution in [3.63, 3.8) is 0 Å². The lowest BCUT2D eigenvalue weighted by Crippen LogP contribution is -2.18. The minimum Gasteiger partial charge on any atom is -0.380 e. The second-order valence-electron chi connectivity index (χ2n) is 7.58. The number of para-hydroxylation sites is 1. The Morgan fingerprint density at radius 1 is 0.618 bits per heavy atom. The predicted molar refractivity (Wildman–Crippen MR) is 131 cm³/mol. The Balaban J connectivity index is 1.51. The van der Waals surface area contributed by atoms with Crippen LogP contribution in [0.4, 0.5) is 11.4 Å². The summed E-state index contributed by atoms with van der Waals surface area (Å²) in [5, 5.41) is 16.0. The highest BCUT2D eigenvalue weighted by molar-refractivity contribution is 6.12. The van der Waals surface area contributed by atoms with Crippen LogP contribution in [0.3, 0.4) is 0 Å². The van der Waals surface area contributed by atoms with Gasteiger partial charge in [-0.1, -0.05) is 72.8 Å². The van der Waals surface area contributed by atoms with Gasteiger partial charge in [0.1, 0.15) is 6.10 Å². The van der Waals surface area contributed by atoms with Crippen LogP contribution in [0.25, 0.3) is 0 Å². The van der Waals surface area contributed by atoms with Crippen LogP contribution in [0.2, 0.25) is 0 Å². The third-order valence-corrected chi connectivity index (χ3v) is 5.22. The number of ketones is 1. The molecule has 168 valence electrons. The SMILES string of the molecule is O=C(Nc1ccccc1C(=O)Nc1cccc(C(=O)C(O)c2ccccc2)c1)c1ccccc1. The number of benzene rings is 4. The molecule has 2 amide bonds. The predicted octanol–water partition coefficient (Wildman–Crippen LogP) is 5.11. The molecule has 0 spiro atoms. The van der Waals surface area contributed by atoms with Gasteiger partial charge in [-0.05, 0) is 42.0 Å². The fourth-order valence-corrected chi connectivity index (χ4v) is 3.47. The smallest absolute Gasteiger partial charge is 0.257 e. The summed E-state index contributed by atoms with van der Waals surface area (Å²) in [5.74, 6) is -1.25. The molecule has 0 fully saturated rings. The first-order valence-corrected chi connectivity index (χ1v) is 10.7. The number of carbonyl (C=O) groups is 3. The van der Waals surface area contributed by atoms with E-state index in [0.29, 0.717) is 22.5 Å². The third kappa shape index (κ3) is 5.26. The standard InChI is InChI=1S/C28H22N2O4/c31-25(19-10-3-1-4-11-19)26(32)21-14-9-15-22(18-21)29-28(34)23-16-7-8-17-24(23)30-27(33)20-12-5-2-6-13-20/h1-18,25,31H,(H,29,34)(H,30,33). The first-order valence-electron chi connectivity index (χ1n) is 10.7. The molecular weight excluding hydrogens is 428 g/mol. The molecule has 0 saturated carbocycles. The van der Waals surface area contributed by atoms with E-state index in [1.165, 1.54) is 6.07 Å². The quantitative estimate of drug-likeness (QED) is 0.341. The van der Waals surface area contributed by atoms with Crippen molar-refractivity contribution in [3.8, 4) is 0 Å². The third-order valence-electron chi connectivity index (χ3n) is 5.22. The highest BCUT2D eigenvalue weighted by Crippen LogP contribution is 2.22. The van der Waals surface area contributed by atoms with E-state index in [1.54, 1.807) is 97.1 Å². The van der Waals surface area contributed by atoms with Gasteiger partial charge in [-0.3, -0.25) is 14.4 Å². The number of carbonyl (C=O) groups excluding carboxylic acids is 3. The van der Waals surface area contributed by atoms with Crippen molar-refractivity contribution in [3.05, 3.63) is 131 Å². The van der Waals surface area contributed by atoms with Crippen molar-refractivity contribution in [1.29, 1.82) is 0 Å². The van der Waals surface area contributed by atoms with Crippen LogP contribution in [0.15, 0.2) is 109 Å². The molecule has 0 aliphatic carbocycles. The van der Waals surface area contributed by atoms with Gasteiger partial charge in [0, 0.05) is 16.8 Å². The molecule has 4 aromatic carbocycles. The number of aliphatic hydroxyl groups excluding tert-OH is 1. The van der Waals surface area contributed by atoms with Gasteiger partial charge in [0.25, 0.3) is 11.8 Å². The molecule has 6 nitrogen and oxygen atoms in total. The molecule has 0 aromatic heterocycles. The topological polar surface area (TPSA) is 95.5 Å². The zero-order valence-electron chi connectivity index (χ0n) is 18.1. The Hall–Kier alpha value is -4.55. The molecule has 4 rings (SSSR count). The van der Waals surface area contributed by atoms with Gasteiger partial charge in [-0.15, -0.1) is 0 Å². The Labute approximate surface area is 196 Å². The number of amides is 2. The van der Waals surface area contributed by atoms with Crippen molar-refractivity contribution in [2.75, 3.05) is 10.6 Å². The van der Waals surface area contributed by atoms with E-state index >= 15 is 0 Å². The van der Waals surface area contributed by atoms with Crippen LogP contribution in [-0.2, 0) is 0 Å². The number of rotatable bonds is 7. The number of Topliss-reactive ketones (excluding diaryl/α,β-unsaturated/α-hetero) is 1. The zero-order valence-corrected chi connectivity index (χ0v) is 18.1. The number of anilines is 2. The first kappa shape index (κ1) is 22.6. The lowest BCUT2D eigenvalue weighted by atomic mass is 9.99. The lowest BCUT2D eigenvalue weighted by Gasteiger charge is -2.13. The van der Waals surface area contributed by atoms with Crippen LogP contribution in [0.5, 0.6) is 0 Å². The number of hydrogen-bond acceptors (Lipinski definition) is 4. The highest BCUT2D eigenvalue weighted by atomic mass is 16.3. The molecule has 3 N–H and O–H groups in total. The maximum Gasteiger partial charge on any atom is 0.257 e. The summed E-state index contributed by atoms with van der Waals surface area (Å²) >= 11 is 0. The fraction of sp³-hybridized carbons (Fsp3) is 0.0357. The molecule has 1 atom stereocenters. The first-order chi connectivity index (χ1) is 16.5. The highest BCUT2D eigenvalue weighted by Gasteiger charge is 2.20. The lowest BCUT2D eigenvalue weighted by molar-refractivity contribution is 0.0747. The van der Waals surface area contributed by atoms with Crippen molar-refractivity contribution in [1.82, 2.24) is 0 Å². The van der Waals surface area contributed by atoms with Gasteiger partial charge in [0.2, 0.25) is 0 Å². The van der Waals surface area contributed by atoms with Gasteiger partial charge in [0.05, 0.1) is 11.3 Å². The van der Waals surface area contributed by atoms with Crippen LogP contribution < -0.4 is 10.6 Å². The van der Waals surface area contributed by atoms with Crippen LogP contribution in [0.1, 0.15) is 42.7 Å². The van der Waals surface area contributed by atoms with Crippen molar-refractivity contribution < 1.29 is 19.5 Å². The molecule has 0 aliphatic rings. The van der Waals surface area contributed by atoms with Crippen LogP contribution in [0, 0.1) is 0 Å². The largest absolute Gasteiger partial charge is 0.380 e. The van der Waals surface area contributed by atoms with Gasteiger partial charge >= 0.3 is 0 Å². The minimum atomic E-state index is -1.30. The molecule has 0 aliphatic heterocycles. The maximum atomic E-state index is 13.0. The van der Waals surface area contributed by atoms with Gasteiger partial charge in [-0.25, -0.2) is 0 Å². The van der Waals surface area contributed by atoms with E-state index in [1.807, 2.05) is 6.07 Å². The van der Waals surface area contributed by atoms with E-state index in [0.717, 1.165) is 0 Å². The van der Waals surface area contributed by atoms with Crippen molar-refractivity contribution >= 4 is 29.0 Å². The molecular formula is C28H22N2O4. The minimum absolute atomic E-state index is 0.264. The second kappa shape index (κ2) is 10.4. The molecule has 0 bridgehead atoms. The number of aliphatic hydroxyl groups is 1. The van der Waals surface area contributed by atoms with E-state index in [9.17, 15) is 19.5 Å². The summed E-state index contributed by atoms with van der Waals surface area (Å²) in [6.07, 6.45) is -1.30. The number of hydrogen-bond donors (Lipinski definition) is 3. The fourth-order valence-electron chi connectivity index (χ4n) is 3.47. The van der Waals surface area contributed by atoms with Gasteiger partial charge in [-0.2, -0.15) is 0 Å². The monoisotopic (exact) mass is 450 g/mol. The molecule has 34 heavy (non-hydrogen) atoms. The molecule has 0 saturated heterocycles. The summed E-state index contributed by atoms with van der Waals surface area (Å²) < 4.78 is 0. The average molecular weight is 450 g/mol. The molecule has 4 aromatic rings. The van der Waals surface area contributed by atoms with E-state index in [2.05, 4.69) is 10.6 Å². The van der Waals surface area contributed by atoms with Crippen molar-refractivity contribution in [2.45, 2.75) is 6.10 Å². The van der Waals surface area contributed by atoms with E-state index < -0.39 is 17.8 Å². The van der Waals surface area contributed by atoms with Crippen LogP contribution in [-0.4, -0.2) is 22.7 Å². The Bertz CT molecular complexity index is 1320. The normalized spacial score (nSPS) is 11.3. The Kier molecular flexibility index (Phi) is 6.91. The van der Waals surface area contributed by atoms with E-state index in [-0.39, 0.29) is 17.0 Å². The molecule has 0 radical (unpaired) electrons. The van der Waals surface area contributed by atoms with Gasteiger partial charge in [0.15, 0.2) is 5.78 Å². The summed E-state index contributed by atoms with van der Waals surface area (Å²) in [6.45, 7) is 0. The summed E-state index contributed by atoms with van der Waals surface area (Å²) in [7, 11) is 0. The molecule has 0 heterocycles. The van der Waals surface area contributed by atoms with Crippen molar-refractivity contribution in [2.24, 2.45) is 0 Å². The number of nitrogens with one attached hydrogen (secondary N) is 2. The molecule has 6 heteroatoms. The summed E-state index contributed by atoms with van der Waals surface area (Å²) in [6, 6.07) is 30.4. The van der Waals surface area contributed by atoms with Gasteiger partial charge < -0.3 is 15.7 Å². The second-order valence-corrected chi connectivity index (χ2v) is 7.58. The van der Waals surface area contributed by atoms with Crippen LogP contribution >= 0.6 is 0 Å². The summed E-state index contributed by atoms with van der Waals surface area (Å²) in [5.41, 5.74) is 2.25.